The zero-order valence-corrected chi connectivity index (χ0v) is 16.6. The molecule has 5 nitrogen and oxygen atoms in total. The van der Waals surface area contributed by atoms with E-state index in [-0.39, 0.29) is 5.91 Å². The molecule has 0 atom stereocenters. The van der Waals surface area contributed by atoms with E-state index in [0.29, 0.717) is 11.6 Å². The smallest absolute Gasteiger partial charge is 0.230 e. The third kappa shape index (κ3) is 4.28. The molecule has 0 aliphatic rings. The topological polar surface area (TPSA) is 56.2 Å². The number of amides is 1. The predicted octanol–water partition coefficient (Wildman–Crippen LogP) is 4.60. The van der Waals surface area contributed by atoms with Crippen LogP contribution in [0.15, 0.2) is 48.4 Å². The number of ether oxygens (including phenoxy) is 1. The van der Waals surface area contributed by atoms with Crippen molar-refractivity contribution in [1.82, 2.24) is 9.55 Å². The normalized spacial score (nSPS) is 10.6. The molecule has 0 saturated heterocycles. The largest absolute Gasteiger partial charge is 0.497 e. The summed E-state index contributed by atoms with van der Waals surface area (Å²) in [6.45, 7) is 8.73. The fourth-order valence-corrected chi connectivity index (χ4v) is 3.74. The summed E-state index contributed by atoms with van der Waals surface area (Å²) in [7, 11) is 1.62. The number of nitrogens with one attached hydrogen (secondary N) is 1. The van der Waals surface area contributed by atoms with Gasteiger partial charge in [-0.2, -0.15) is 0 Å². The summed E-state index contributed by atoms with van der Waals surface area (Å²) in [5.74, 6) is 0.691. The lowest BCUT2D eigenvalue weighted by Gasteiger charge is -2.05. The van der Waals surface area contributed by atoms with E-state index in [9.17, 15) is 4.79 Å². The minimum absolute atomic E-state index is 0.0850. The average Bonchev–Trinajstić information content (AvgIpc) is 3.22. The highest BCUT2D eigenvalue weighted by Gasteiger charge is 2.14. The van der Waals surface area contributed by atoms with E-state index in [2.05, 4.69) is 41.4 Å². The molecule has 2 aromatic heterocycles. The van der Waals surface area contributed by atoms with Crippen LogP contribution >= 0.6 is 11.3 Å². The Kier molecular flexibility index (Phi) is 5.76. The number of allylic oxidation sites excluding steroid dienone is 1. The second-order valence-electron chi connectivity index (χ2n) is 6.30. The van der Waals surface area contributed by atoms with Crippen LogP contribution < -0.4 is 10.1 Å². The van der Waals surface area contributed by atoms with Crippen LogP contribution in [0.5, 0.6) is 5.75 Å². The number of benzene rings is 1. The molecule has 27 heavy (non-hydrogen) atoms. The highest BCUT2D eigenvalue weighted by atomic mass is 32.1. The standard InChI is InChI=1S/C21H23N3O2S/c1-5-10-24-14(2)11-18(15(24)3)19-13-27-21(22-19)23-20(25)12-16-6-8-17(26-4)9-7-16/h5-9,11,13H,1,10,12H2,2-4H3,(H,22,23,25). The molecule has 0 aliphatic carbocycles. The maximum atomic E-state index is 12.3. The Morgan fingerprint density at radius 2 is 2.07 bits per heavy atom. The maximum absolute atomic E-state index is 12.3. The highest BCUT2D eigenvalue weighted by molar-refractivity contribution is 7.14. The van der Waals surface area contributed by atoms with Gasteiger partial charge in [0.05, 0.1) is 19.2 Å². The van der Waals surface area contributed by atoms with Gasteiger partial charge in [-0.15, -0.1) is 17.9 Å². The predicted molar refractivity (Wildman–Crippen MR) is 111 cm³/mol. The molecule has 1 N–H and O–H groups in total. The van der Waals surface area contributed by atoms with Crippen molar-refractivity contribution in [3.8, 4) is 17.0 Å². The molecule has 1 amide bonds. The Morgan fingerprint density at radius 1 is 1.33 bits per heavy atom. The number of thiazole rings is 1. The summed E-state index contributed by atoms with van der Waals surface area (Å²) in [5.41, 5.74) is 5.21. The molecule has 3 rings (SSSR count). The van der Waals surface area contributed by atoms with Gasteiger partial charge in [0.1, 0.15) is 5.75 Å². The first kappa shape index (κ1) is 18.9. The van der Waals surface area contributed by atoms with E-state index in [4.69, 9.17) is 4.74 Å². The van der Waals surface area contributed by atoms with Gasteiger partial charge in [0.2, 0.25) is 5.91 Å². The molecule has 0 unspecified atom stereocenters. The SMILES string of the molecule is C=CCn1c(C)cc(-c2csc(NC(=O)Cc3ccc(OC)cc3)n2)c1C. The van der Waals surface area contributed by atoms with Gasteiger partial charge in [-0.1, -0.05) is 18.2 Å². The molecule has 3 aromatic rings. The van der Waals surface area contributed by atoms with Gasteiger partial charge in [-0.05, 0) is 37.6 Å². The lowest BCUT2D eigenvalue weighted by atomic mass is 10.1. The lowest BCUT2D eigenvalue weighted by molar-refractivity contribution is -0.115. The van der Waals surface area contributed by atoms with Crippen molar-refractivity contribution in [3.63, 3.8) is 0 Å². The maximum Gasteiger partial charge on any atom is 0.230 e. The minimum Gasteiger partial charge on any atom is -0.497 e. The number of hydrogen-bond donors (Lipinski definition) is 1. The number of carbonyl (C=O) groups is 1. The first-order valence-electron chi connectivity index (χ1n) is 8.68. The van der Waals surface area contributed by atoms with Crippen LogP contribution in [0.25, 0.3) is 11.3 Å². The second-order valence-corrected chi connectivity index (χ2v) is 7.15. The Balaban J connectivity index is 1.69. The number of carbonyl (C=O) groups excluding carboxylic acids is 1. The number of methoxy groups -OCH3 is 1. The molecule has 140 valence electrons. The Morgan fingerprint density at radius 3 is 2.74 bits per heavy atom. The molecule has 0 aliphatic heterocycles. The van der Waals surface area contributed by atoms with Crippen molar-refractivity contribution in [3.05, 3.63) is 65.3 Å². The van der Waals surface area contributed by atoms with Crippen LogP contribution in [-0.2, 0) is 17.8 Å². The van der Waals surface area contributed by atoms with Crippen molar-refractivity contribution in [2.45, 2.75) is 26.8 Å². The molecule has 2 heterocycles. The molecule has 0 fully saturated rings. The fraction of sp³-hybridized carbons (Fsp3) is 0.238. The quantitative estimate of drug-likeness (QED) is 0.608. The van der Waals surface area contributed by atoms with Gasteiger partial charge >= 0.3 is 0 Å². The summed E-state index contributed by atoms with van der Waals surface area (Å²) < 4.78 is 7.33. The zero-order chi connectivity index (χ0) is 19.4. The van der Waals surface area contributed by atoms with E-state index in [0.717, 1.165) is 34.8 Å². The Bertz CT molecular complexity index is 954. The third-order valence-electron chi connectivity index (χ3n) is 4.44. The number of aromatic nitrogens is 2. The van der Waals surface area contributed by atoms with Crippen LogP contribution in [0.1, 0.15) is 17.0 Å². The molecular weight excluding hydrogens is 358 g/mol. The summed E-state index contributed by atoms with van der Waals surface area (Å²) in [6.07, 6.45) is 2.18. The van der Waals surface area contributed by atoms with Crippen molar-refractivity contribution >= 4 is 22.4 Å². The molecule has 0 bridgehead atoms. The number of anilines is 1. The van der Waals surface area contributed by atoms with Gasteiger partial charge in [0.15, 0.2) is 5.13 Å². The highest BCUT2D eigenvalue weighted by Crippen LogP contribution is 2.30. The molecular formula is C21H23N3O2S. The number of rotatable bonds is 7. The van der Waals surface area contributed by atoms with Crippen LogP contribution in [-0.4, -0.2) is 22.6 Å². The third-order valence-corrected chi connectivity index (χ3v) is 5.19. The van der Waals surface area contributed by atoms with Crippen LogP contribution in [0.3, 0.4) is 0 Å². The molecule has 0 radical (unpaired) electrons. The molecule has 6 heteroatoms. The van der Waals surface area contributed by atoms with E-state index in [1.54, 1.807) is 7.11 Å². The van der Waals surface area contributed by atoms with Gasteiger partial charge in [0, 0.05) is 28.9 Å². The van der Waals surface area contributed by atoms with Crippen molar-refractivity contribution in [2.75, 3.05) is 12.4 Å². The Labute approximate surface area is 163 Å². The average molecular weight is 382 g/mol. The second kappa shape index (κ2) is 8.22. The van der Waals surface area contributed by atoms with E-state index in [1.807, 2.05) is 35.7 Å². The number of hydrogen-bond acceptors (Lipinski definition) is 4. The van der Waals surface area contributed by atoms with Crippen molar-refractivity contribution in [2.24, 2.45) is 0 Å². The summed E-state index contributed by atoms with van der Waals surface area (Å²) in [5, 5.41) is 5.47. The van der Waals surface area contributed by atoms with Gasteiger partial charge in [-0.3, -0.25) is 4.79 Å². The fourth-order valence-electron chi connectivity index (χ4n) is 3.02. The first-order valence-corrected chi connectivity index (χ1v) is 9.56. The van der Waals surface area contributed by atoms with E-state index < -0.39 is 0 Å². The van der Waals surface area contributed by atoms with Gasteiger partial charge in [-0.25, -0.2) is 4.98 Å². The first-order chi connectivity index (χ1) is 13.0. The minimum atomic E-state index is -0.0850. The van der Waals surface area contributed by atoms with E-state index >= 15 is 0 Å². The monoisotopic (exact) mass is 381 g/mol. The summed E-state index contributed by atoms with van der Waals surface area (Å²) >= 11 is 1.43. The molecule has 0 saturated carbocycles. The van der Waals surface area contributed by atoms with Crippen molar-refractivity contribution in [1.29, 1.82) is 0 Å². The zero-order valence-electron chi connectivity index (χ0n) is 15.8. The van der Waals surface area contributed by atoms with Crippen molar-refractivity contribution < 1.29 is 9.53 Å². The number of nitrogens with zero attached hydrogens (tertiary/aromatic N) is 2. The van der Waals surface area contributed by atoms with E-state index in [1.165, 1.54) is 17.0 Å². The summed E-state index contributed by atoms with van der Waals surface area (Å²) in [4.78, 5) is 16.9. The van der Waals surface area contributed by atoms with Gasteiger partial charge in [0.25, 0.3) is 0 Å². The van der Waals surface area contributed by atoms with Crippen LogP contribution in [0.4, 0.5) is 5.13 Å². The molecule has 0 spiro atoms. The van der Waals surface area contributed by atoms with Crippen LogP contribution in [0.2, 0.25) is 0 Å². The Hall–Kier alpha value is -2.86. The lowest BCUT2D eigenvalue weighted by Crippen LogP contribution is -2.14. The van der Waals surface area contributed by atoms with Crippen LogP contribution in [0, 0.1) is 13.8 Å². The molecule has 1 aromatic carbocycles. The van der Waals surface area contributed by atoms with Gasteiger partial charge < -0.3 is 14.6 Å². The number of aryl methyl sites for hydroxylation is 1. The summed E-state index contributed by atoms with van der Waals surface area (Å²) in [6, 6.07) is 9.60.